The van der Waals surface area contributed by atoms with Crippen LogP contribution >= 0.6 is 35.2 Å². The van der Waals surface area contributed by atoms with E-state index in [1.54, 1.807) is 12.2 Å². The molecule has 1 saturated heterocycles. The van der Waals surface area contributed by atoms with Crippen LogP contribution in [0, 0.1) is 5.41 Å². The van der Waals surface area contributed by atoms with E-state index in [9.17, 15) is 57.9 Å². The molecule has 0 bridgehead atoms. The Morgan fingerprint density at radius 2 is 1.73 bits per heavy atom. The molecule has 0 saturated carbocycles. The van der Waals surface area contributed by atoms with Crippen LogP contribution in [0.1, 0.15) is 37.6 Å². The first-order chi connectivity index (χ1) is 29.0. The average Bonchev–Trinajstić information content (AvgIpc) is 3.87. The van der Waals surface area contributed by atoms with Crippen molar-refractivity contribution in [3.8, 4) is 0 Å². The smallest absolute Gasteiger partial charge is 0.386 e. The minimum absolute atomic E-state index is 0.0296. The number of aromatic nitrogens is 4. The molecule has 1 aromatic carbocycles. The molecule has 3 aliphatic rings. The van der Waals surface area contributed by atoms with Gasteiger partial charge < -0.3 is 50.9 Å². The number of allylic oxidation sites excluding steroid dienone is 4. The lowest BCUT2D eigenvalue weighted by atomic mass is 9.87. The third kappa shape index (κ3) is 11.6. The number of hydrogen-bond donors (Lipinski definition) is 9. The van der Waals surface area contributed by atoms with E-state index in [-0.39, 0.29) is 42.3 Å². The van der Waals surface area contributed by atoms with Gasteiger partial charge in [-0.3, -0.25) is 32.5 Å². The molecule has 2 aliphatic carbocycles. The van der Waals surface area contributed by atoms with Crippen molar-refractivity contribution in [2.45, 2.75) is 50.9 Å². The molecule has 62 heavy (non-hydrogen) atoms. The molecule has 28 heteroatoms. The van der Waals surface area contributed by atoms with Crippen molar-refractivity contribution in [2.24, 2.45) is 5.41 Å². The Kier molecular flexibility index (Phi) is 14.5. The van der Waals surface area contributed by atoms with Gasteiger partial charge in [0.1, 0.15) is 36.3 Å². The summed E-state index contributed by atoms with van der Waals surface area (Å²) in [6.07, 6.45) is -1.76. The number of thioether (sulfide) groups is 1. The van der Waals surface area contributed by atoms with Gasteiger partial charge in [0, 0.05) is 35.6 Å². The number of carbonyl (C=O) groups excluding carboxylic acids is 3. The highest BCUT2D eigenvalue weighted by atomic mass is 32.2. The fraction of sp³-hybridized carbons (Fsp3) is 0.412. The second kappa shape index (κ2) is 19.0. The maximum atomic E-state index is 12.7. The molecule has 1 fully saturated rings. The van der Waals surface area contributed by atoms with E-state index in [0.717, 1.165) is 44.4 Å². The van der Waals surface area contributed by atoms with Crippen LogP contribution in [0.3, 0.4) is 0 Å². The van der Waals surface area contributed by atoms with E-state index in [4.69, 9.17) is 19.5 Å². The Morgan fingerprint density at radius 3 is 2.47 bits per heavy atom. The van der Waals surface area contributed by atoms with E-state index in [1.165, 1.54) is 25.6 Å². The molecule has 7 atom stereocenters. The summed E-state index contributed by atoms with van der Waals surface area (Å²) in [5.41, 5.74) is 8.05. The Hall–Kier alpha value is -4.00. The highest BCUT2D eigenvalue weighted by molar-refractivity contribution is 8.03. The van der Waals surface area contributed by atoms with Gasteiger partial charge in [-0.1, -0.05) is 38.1 Å². The molecule has 24 nitrogen and oxygen atoms in total. The molecule has 0 spiro atoms. The van der Waals surface area contributed by atoms with Crippen molar-refractivity contribution in [2.75, 3.05) is 37.8 Å². The average molecular weight is 946 g/mol. The normalized spacial score (nSPS) is 22.5. The minimum Gasteiger partial charge on any atom is -0.386 e. The fourth-order valence-electron chi connectivity index (χ4n) is 6.41. The summed E-state index contributed by atoms with van der Waals surface area (Å²) in [7, 11) is -16.4. The number of anilines is 1. The number of aliphatic hydroxyl groups is 2. The lowest BCUT2D eigenvalue weighted by Gasteiger charge is -2.30. The largest absolute Gasteiger partial charge is 0.481 e. The molecular formula is C34H42N7O17P3S. The van der Waals surface area contributed by atoms with Crippen LogP contribution in [0.15, 0.2) is 59.6 Å². The number of nitrogen functional groups attached to an aromatic ring is 1. The third-order valence-corrected chi connectivity index (χ3v) is 13.6. The fourth-order valence-corrected chi connectivity index (χ4v) is 10.2. The number of phosphoric ester groups is 3. The standard InChI is InChI=1S/C34H42N7O17P3S/c1-34(2,29(45)32(46)37-8-7-25(43)36-9-10-62-24-13-19(42)12-21-20-6-4-3-5-18(20)11-22(21)24)15-55-61(52,53)58-60(50,51)54-14-23-28(57-59(47,48)49)27(44)33(56-23)41-17-40-26-30(35)38-16-39-31(26)41/h3-6,11-13,16-17,23,27-29,33,44-45H,7-10,14-15H2,1-2H3,(H,36,43)(H,37,46)(H,50,51)(H,52,53)(H2,35,38,39)(H2,47,48,49)/t23-,27-,28-,29+,33-/m1/s1. The lowest BCUT2D eigenvalue weighted by Crippen LogP contribution is -2.46. The monoisotopic (exact) mass is 945 g/mol. The van der Waals surface area contributed by atoms with Gasteiger partial charge in [0.2, 0.25) is 11.8 Å². The Labute approximate surface area is 356 Å². The molecule has 0 radical (unpaired) electrons. The van der Waals surface area contributed by atoms with Crippen LogP contribution in [0.2, 0.25) is 0 Å². The first-order valence-corrected chi connectivity index (χ1v) is 23.9. The number of ketones is 1. The molecule has 336 valence electrons. The number of nitrogens with one attached hydrogen (secondary N) is 2. The number of nitrogens with zero attached hydrogens (tertiary/aromatic N) is 4. The highest BCUT2D eigenvalue weighted by Crippen LogP contribution is 2.61. The molecule has 2 amide bonds. The van der Waals surface area contributed by atoms with E-state index < -0.39 is 84.6 Å². The van der Waals surface area contributed by atoms with Gasteiger partial charge in [0.05, 0.1) is 19.5 Å². The maximum absolute atomic E-state index is 12.7. The number of hydrogen-bond acceptors (Lipinski definition) is 18. The van der Waals surface area contributed by atoms with Gasteiger partial charge >= 0.3 is 23.5 Å². The molecule has 3 heterocycles. The number of rotatable bonds is 20. The summed E-state index contributed by atoms with van der Waals surface area (Å²) >= 11 is 1.41. The second-order valence-corrected chi connectivity index (χ2v) is 19.9. The highest BCUT2D eigenvalue weighted by Gasteiger charge is 2.50. The number of phosphoric acid groups is 3. The third-order valence-electron chi connectivity index (χ3n) is 9.43. The Morgan fingerprint density at radius 1 is 1.00 bits per heavy atom. The second-order valence-electron chi connectivity index (χ2n) is 14.5. The predicted octanol–water partition coefficient (Wildman–Crippen LogP) is 1.09. The van der Waals surface area contributed by atoms with Crippen molar-refractivity contribution in [1.82, 2.24) is 30.2 Å². The topological polar surface area (TPSA) is 364 Å². The van der Waals surface area contributed by atoms with E-state index in [1.807, 2.05) is 30.3 Å². The Bertz CT molecular complexity index is 2480. The first-order valence-electron chi connectivity index (χ1n) is 18.3. The van der Waals surface area contributed by atoms with Gasteiger partial charge in [-0.25, -0.2) is 28.6 Å². The van der Waals surface area contributed by atoms with Crippen molar-refractivity contribution in [3.05, 3.63) is 70.7 Å². The number of ether oxygens (including phenoxy) is 1. The van der Waals surface area contributed by atoms with Crippen LogP contribution < -0.4 is 16.4 Å². The van der Waals surface area contributed by atoms with Crippen LogP contribution in [-0.2, 0) is 50.7 Å². The number of amides is 2. The van der Waals surface area contributed by atoms with Crippen LogP contribution in [0.4, 0.5) is 5.82 Å². The summed E-state index contributed by atoms with van der Waals surface area (Å²) in [5.74, 6) is -1.10. The van der Waals surface area contributed by atoms with Gasteiger partial charge in [0.25, 0.3) is 0 Å². The van der Waals surface area contributed by atoms with Crippen LogP contribution in [0.25, 0.3) is 22.8 Å². The van der Waals surface area contributed by atoms with Gasteiger partial charge in [-0.2, -0.15) is 4.31 Å². The predicted molar refractivity (Wildman–Crippen MR) is 218 cm³/mol. The number of carbonyl (C=O) groups is 3. The summed E-state index contributed by atoms with van der Waals surface area (Å²) < 4.78 is 62.4. The number of imidazole rings is 1. The molecule has 3 aromatic rings. The van der Waals surface area contributed by atoms with Gasteiger partial charge in [0.15, 0.2) is 23.5 Å². The maximum Gasteiger partial charge on any atom is 0.481 e. The van der Waals surface area contributed by atoms with E-state index in [0.29, 0.717) is 5.75 Å². The van der Waals surface area contributed by atoms with Crippen molar-refractivity contribution in [3.63, 3.8) is 0 Å². The van der Waals surface area contributed by atoms with Gasteiger partial charge in [-0.15, -0.1) is 11.8 Å². The van der Waals surface area contributed by atoms with Crippen molar-refractivity contribution < 1.29 is 80.5 Å². The van der Waals surface area contributed by atoms with Crippen molar-refractivity contribution >= 4 is 81.5 Å². The number of benzene rings is 1. The van der Waals surface area contributed by atoms with Crippen molar-refractivity contribution in [1.29, 1.82) is 0 Å². The Balaban J connectivity index is 0.926. The summed E-state index contributed by atoms with van der Waals surface area (Å²) in [6.45, 7) is 0.557. The molecule has 6 rings (SSSR count). The molecule has 2 unspecified atom stereocenters. The van der Waals surface area contributed by atoms with E-state index in [2.05, 4.69) is 34.4 Å². The quantitative estimate of drug-likeness (QED) is 0.0565. The zero-order chi connectivity index (χ0) is 45.2. The first kappa shape index (κ1) is 47.5. The number of aliphatic hydroxyl groups excluding tert-OH is 2. The van der Waals surface area contributed by atoms with E-state index >= 15 is 0 Å². The molecule has 2 aromatic heterocycles. The molecular weight excluding hydrogens is 903 g/mol. The summed E-state index contributed by atoms with van der Waals surface area (Å²) in [4.78, 5) is 89.4. The molecule has 1 aliphatic heterocycles. The van der Waals surface area contributed by atoms with Gasteiger partial charge in [-0.05, 0) is 40.5 Å². The summed E-state index contributed by atoms with van der Waals surface area (Å²) in [5, 5.41) is 26.7. The lowest BCUT2D eigenvalue weighted by molar-refractivity contribution is -0.137. The number of fused-ring (bicyclic) bond motifs is 4. The zero-order valence-corrected chi connectivity index (χ0v) is 36.1. The molecule has 10 N–H and O–H groups in total. The SMILES string of the molecule is CC(C)(COP(=O)(O)OP(=O)(O)OC[C@H]1O[C@@H](n2cnc3c(N)ncnc32)[C@H](O)[C@@H]1OP(=O)(O)O)[C@@H](O)C(=O)NCCC(=O)NCCSC1=CC(=O)C=C2C1=Cc1ccccc12. The van der Waals surface area contributed by atoms with Crippen LogP contribution in [0.5, 0.6) is 0 Å². The zero-order valence-electron chi connectivity index (χ0n) is 32.6. The number of nitrogens with two attached hydrogens (primary N) is 1. The minimum atomic E-state index is -5.58. The van der Waals surface area contributed by atoms with Crippen LogP contribution in [-0.4, -0.2) is 123 Å². The summed E-state index contributed by atoms with van der Waals surface area (Å²) in [6, 6.07) is 7.74.